The largest absolute Gasteiger partial charge is 0.379 e. The van der Waals surface area contributed by atoms with E-state index < -0.39 is 11.8 Å². The highest BCUT2D eigenvalue weighted by molar-refractivity contribution is 6.39. The van der Waals surface area contributed by atoms with E-state index in [0.717, 1.165) is 39.3 Å². The van der Waals surface area contributed by atoms with Gasteiger partial charge in [0.25, 0.3) is 0 Å². The van der Waals surface area contributed by atoms with Crippen LogP contribution in [0.3, 0.4) is 0 Å². The lowest BCUT2D eigenvalue weighted by atomic mass is 10.2. The van der Waals surface area contributed by atoms with E-state index in [1.807, 2.05) is 6.07 Å². The van der Waals surface area contributed by atoms with E-state index in [-0.39, 0.29) is 0 Å². The van der Waals surface area contributed by atoms with Gasteiger partial charge >= 0.3 is 11.8 Å². The molecular weight excluding hydrogens is 296 g/mol. The summed E-state index contributed by atoms with van der Waals surface area (Å²) < 4.78 is 5.26. The summed E-state index contributed by atoms with van der Waals surface area (Å²) in [6.07, 6.45) is 0.788. The Bertz CT molecular complexity index is 574. The van der Waals surface area contributed by atoms with Gasteiger partial charge in [0.1, 0.15) is 0 Å². The van der Waals surface area contributed by atoms with Crippen molar-refractivity contribution < 1.29 is 14.3 Å². The Balaban J connectivity index is 1.66. The van der Waals surface area contributed by atoms with E-state index in [1.165, 1.54) is 0 Å². The van der Waals surface area contributed by atoms with Gasteiger partial charge in [0.2, 0.25) is 0 Å². The molecule has 1 fully saturated rings. The molecule has 1 heterocycles. The van der Waals surface area contributed by atoms with Gasteiger partial charge in [-0.05, 0) is 37.2 Å². The lowest BCUT2D eigenvalue weighted by molar-refractivity contribution is -0.136. The van der Waals surface area contributed by atoms with Gasteiger partial charge in [0, 0.05) is 25.3 Å². The maximum absolute atomic E-state index is 11.7. The Kier molecular flexibility index (Phi) is 6.54. The van der Waals surface area contributed by atoms with Gasteiger partial charge in [-0.1, -0.05) is 0 Å². The molecule has 122 valence electrons. The third kappa shape index (κ3) is 5.70. The zero-order valence-corrected chi connectivity index (χ0v) is 12.9. The molecule has 0 atom stereocenters. The summed E-state index contributed by atoms with van der Waals surface area (Å²) in [6, 6.07) is 8.32. The Labute approximate surface area is 135 Å². The number of morpholine rings is 1. The minimum Gasteiger partial charge on any atom is -0.379 e. The quantitative estimate of drug-likeness (QED) is 0.603. The Morgan fingerprint density at radius 2 is 1.87 bits per heavy atom. The molecule has 7 nitrogen and oxygen atoms in total. The lowest BCUT2D eigenvalue weighted by Gasteiger charge is -2.26. The van der Waals surface area contributed by atoms with Crippen LogP contribution in [0.25, 0.3) is 0 Å². The second-order valence-electron chi connectivity index (χ2n) is 5.21. The molecule has 0 unspecified atom stereocenters. The molecule has 2 N–H and O–H groups in total. The van der Waals surface area contributed by atoms with E-state index in [1.54, 1.807) is 24.3 Å². The van der Waals surface area contributed by atoms with Crippen LogP contribution in [-0.2, 0) is 14.3 Å². The normalized spacial score (nSPS) is 14.7. The number of amides is 2. The monoisotopic (exact) mass is 316 g/mol. The first-order chi connectivity index (χ1) is 11.2. The van der Waals surface area contributed by atoms with Gasteiger partial charge in [0.05, 0.1) is 24.8 Å². The first-order valence-corrected chi connectivity index (χ1v) is 7.58. The van der Waals surface area contributed by atoms with Crippen LogP contribution in [0.15, 0.2) is 24.3 Å². The molecular formula is C16H20N4O3. The first kappa shape index (κ1) is 16.9. The van der Waals surface area contributed by atoms with Crippen LogP contribution in [0.5, 0.6) is 0 Å². The van der Waals surface area contributed by atoms with Crippen molar-refractivity contribution in [2.75, 3.05) is 44.7 Å². The summed E-state index contributed by atoms with van der Waals surface area (Å²) in [7, 11) is 0. The minimum atomic E-state index is -0.707. The zero-order valence-electron chi connectivity index (χ0n) is 12.9. The number of carbonyl (C=O) groups is 2. The summed E-state index contributed by atoms with van der Waals surface area (Å²) in [6.45, 7) is 4.65. The standard InChI is InChI=1S/C16H20N4O3/c17-12-13-2-4-14(5-3-13)19-16(22)15(21)18-6-1-7-20-8-10-23-11-9-20/h2-5H,1,6-11H2,(H,18,21)(H,19,22). The predicted octanol–water partition coefficient (Wildman–Crippen LogP) is 0.335. The third-order valence-corrected chi connectivity index (χ3v) is 3.52. The van der Waals surface area contributed by atoms with Gasteiger partial charge in [-0.3, -0.25) is 14.5 Å². The van der Waals surface area contributed by atoms with Crippen LogP contribution in [-0.4, -0.2) is 56.1 Å². The molecule has 0 radical (unpaired) electrons. The van der Waals surface area contributed by atoms with Crippen LogP contribution in [0, 0.1) is 11.3 Å². The molecule has 0 bridgehead atoms. The molecule has 1 aromatic rings. The smallest absolute Gasteiger partial charge is 0.313 e. The van der Waals surface area contributed by atoms with Crippen LogP contribution in [0.4, 0.5) is 5.69 Å². The molecule has 0 aliphatic carbocycles. The van der Waals surface area contributed by atoms with Crippen LogP contribution >= 0.6 is 0 Å². The number of hydrogen-bond donors (Lipinski definition) is 2. The number of carbonyl (C=O) groups excluding carboxylic acids is 2. The van der Waals surface area contributed by atoms with E-state index in [4.69, 9.17) is 10.00 Å². The van der Waals surface area contributed by atoms with Gasteiger partial charge in [-0.25, -0.2) is 0 Å². The second kappa shape index (κ2) is 8.88. The number of nitrogens with zero attached hydrogens (tertiary/aromatic N) is 2. The van der Waals surface area contributed by atoms with Gasteiger partial charge in [0.15, 0.2) is 0 Å². The summed E-state index contributed by atoms with van der Waals surface area (Å²) in [5.74, 6) is -1.36. The molecule has 0 saturated carbocycles. The van der Waals surface area contributed by atoms with Crippen molar-refractivity contribution in [3.05, 3.63) is 29.8 Å². The fourth-order valence-corrected chi connectivity index (χ4v) is 2.23. The average molecular weight is 316 g/mol. The summed E-state index contributed by atoms with van der Waals surface area (Å²) in [5.41, 5.74) is 0.980. The van der Waals surface area contributed by atoms with Crippen molar-refractivity contribution in [3.8, 4) is 6.07 Å². The van der Waals surface area contributed by atoms with E-state index >= 15 is 0 Å². The Morgan fingerprint density at radius 1 is 1.17 bits per heavy atom. The highest BCUT2D eigenvalue weighted by Gasteiger charge is 2.14. The SMILES string of the molecule is N#Cc1ccc(NC(=O)C(=O)NCCCN2CCOCC2)cc1. The fourth-order valence-electron chi connectivity index (χ4n) is 2.23. The number of nitrogens with one attached hydrogen (secondary N) is 2. The molecule has 7 heteroatoms. The van der Waals surface area contributed by atoms with E-state index in [9.17, 15) is 9.59 Å². The summed E-state index contributed by atoms with van der Waals surface area (Å²) in [5, 5.41) is 13.8. The van der Waals surface area contributed by atoms with Gasteiger partial charge in [-0.15, -0.1) is 0 Å². The Hall–Kier alpha value is -2.43. The maximum atomic E-state index is 11.7. The lowest BCUT2D eigenvalue weighted by Crippen LogP contribution is -2.39. The highest BCUT2D eigenvalue weighted by atomic mass is 16.5. The molecule has 23 heavy (non-hydrogen) atoms. The van der Waals surface area contributed by atoms with Crippen molar-refractivity contribution >= 4 is 17.5 Å². The van der Waals surface area contributed by atoms with Crippen LogP contribution in [0.2, 0.25) is 0 Å². The number of hydrogen-bond acceptors (Lipinski definition) is 5. The molecule has 1 aliphatic rings. The number of ether oxygens (including phenoxy) is 1. The number of anilines is 1. The highest BCUT2D eigenvalue weighted by Crippen LogP contribution is 2.08. The van der Waals surface area contributed by atoms with E-state index in [2.05, 4.69) is 15.5 Å². The topological polar surface area (TPSA) is 94.5 Å². The molecule has 1 saturated heterocycles. The predicted molar refractivity (Wildman–Crippen MR) is 84.7 cm³/mol. The van der Waals surface area contributed by atoms with Crippen LogP contribution < -0.4 is 10.6 Å². The third-order valence-electron chi connectivity index (χ3n) is 3.52. The molecule has 2 amide bonds. The average Bonchev–Trinajstić information content (AvgIpc) is 2.60. The Morgan fingerprint density at radius 3 is 2.52 bits per heavy atom. The number of benzene rings is 1. The zero-order chi connectivity index (χ0) is 16.5. The van der Waals surface area contributed by atoms with E-state index in [0.29, 0.717) is 17.8 Å². The van der Waals surface area contributed by atoms with Crippen LogP contribution in [0.1, 0.15) is 12.0 Å². The summed E-state index contributed by atoms with van der Waals surface area (Å²) in [4.78, 5) is 25.7. The molecule has 1 aromatic carbocycles. The van der Waals surface area contributed by atoms with Crippen molar-refractivity contribution in [3.63, 3.8) is 0 Å². The van der Waals surface area contributed by atoms with Crippen molar-refractivity contribution in [2.24, 2.45) is 0 Å². The molecule has 0 spiro atoms. The molecule has 0 aromatic heterocycles. The maximum Gasteiger partial charge on any atom is 0.313 e. The molecule has 1 aliphatic heterocycles. The van der Waals surface area contributed by atoms with Crippen molar-refractivity contribution in [1.29, 1.82) is 5.26 Å². The number of nitriles is 1. The van der Waals surface area contributed by atoms with Gasteiger partial charge in [-0.2, -0.15) is 5.26 Å². The van der Waals surface area contributed by atoms with Gasteiger partial charge < -0.3 is 15.4 Å². The summed E-state index contributed by atoms with van der Waals surface area (Å²) >= 11 is 0. The second-order valence-corrected chi connectivity index (χ2v) is 5.21. The fraction of sp³-hybridized carbons (Fsp3) is 0.438. The van der Waals surface area contributed by atoms with Crippen molar-refractivity contribution in [2.45, 2.75) is 6.42 Å². The first-order valence-electron chi connectivity index (χ1n) is 7.58. The minimum absolute atomic E-state index is 0.455. The van der Waals surface area contributed by atoms with Crippen molar-refractivity contribution in [1.82, 2.24) is 10.2 Å². The molecule has 2 rings (SSSR count). The number of rotatable bonds is 5.